The second kappa shape index (κ2) is 44.5. The van der Waals surface area contributed by atoms with Crippen LogP contribution in [0, 0.1) is 45.3 Å². The van der Waals surface area contributed by atoms with E-state index in [4.69, 9.17) is 39.0 Å². The van der Waals surface area contributed by atoms with Crippen LogP contribution in [0.1, 0.15) is 119 Å². The summed E-state index contributed by atoms with van der Waals surface area (Å²) in [6, 6.07) is 0. The first-order chi connectivity index (χ1) is 42.8. The largest absolute Gasteiger partial charge is 0.481 e. The van der Waals surface area contributed by atoms with Gasteiger partial charge in [-0.15, -0.1) is 0 Å². The van der Waals surface area contributed by atoms with Gasteiger partial charge < -0.3 is 83.9 Å². The lowest BCUT2D eigenvalue weighted by molar-refractivity contribution is -0.178. The predicted molar refractivity (Wildman–Crippen MR) is 313 cm³/mol. The normalized spacial score (nSPS) is 23.2. The molecule has 0 saturated carbocycles. The highest BCUT2D eigenvalue weighted by Gasteiger charge is 2.57. The molecule has 0 bridgehead atoms. The molecular formula is C60H88O32. The lowest BCUT2D eigenvalue weighted by Gasteiger charge is -2.42. The Kier molecular flexibility index (Phi) is 42.3. The second-order valence-electron chi connectivity index (χ2n) is 21.1. The van der Waals surface area contributed by atoms with Crippen LogP contribution in [0.2, 0.25) is 0 Å². The third-order valence-corrected chi connectivity index (χ3v) is 14.2. The van der Waals surface area contributed by atoms with E-state index in [2.05, 4.69) is 40.5 Å². The minimum atomic E-state index is -2.45. The van der Waals surface area contributed by atoms with Crippen molar-refractivity contribution in [3.8, 4) is 0 Å². The number of aliphatic hydroxyl groups is 3. The van der Waals surface area contributed by atoms with Crippen LogP contribution in [0.15, 0.2) is 49.6 Å². The van der Waals surface area contributed by atoms with Gasteiger partial charge in [-0.25, -0.2) is 19.2 Å². The van der Waals surface area contributed by atoms with E-state index in [-0.39, 0.29) is 51.3 Å². The second-order valence-corrected chi connectivity index (χ2v) is 21.1. The van der Waals surface area contributed by atoms with Crippen molar-refractivity contribution in [2.75, 3.05) is 72.7 Å². The zero-order valence-electron chi connectivity index (χ0n) is 52.8. The van der Waals surface area contributed by atoms with Crippen molar-refractivity contribution in [2.45, 2.75) is 119 Å². The number of esters is 8. The molecule has 0 aliphatic carbocycles. The smallest absolute Gasteiger partial charge is 0.333 e. The monoisotopic (exact) mass is 1320 g/mol. The Morgan fingerprint density at radius 2 is 0.935 bits per heavy atom. The van der Waals surface area contributed by atoms with Gasteiger partial charge in [0, 0.05) is 41.7 Å². The molecule has 1 fully saturated rings. The lowest BCUT2D eigenvalue weighted by Crippen LogP contribution is -2.49. The van der Waals surface area contributed by atoms with Crippen LogP contribution in [0.25, 0.3) is 0 Å². The summed E-state index contributed by atoms with van der Waals surface area (Å²) in [7, 11) is 0. The number of cyclic esters (lactones) is 4. The summed E-state index contributed by atoms with van der Waals surface area (Å²) in [6.45, 7) is 17.6. The van der Waals surface area contributed by atoms with Gasteiger partial charge in [-0.2, -0.15) is 0 Å². The first-order valence-electron chi connectivity index (χ1n) is 28.5. The molecule has 520 valence electrons. The maximum atomic E-state index is 13.8. The number of ketones is 1. The van der Waals surface area contributed by atoms with Gasteiger partial charge >= 0.3 is 83.6 Å². The SMILES string of the molecule is C=C(C)C(=O)OCCO.C=C(CC(=O)O)C(=O)O.C=CC(=O)OCCOC(=O)C=C.CCC1CC(CC(=O)O)(C(=O)O)CC(C)(C(=O)OCCO)C(C)C(=O)OCCOC(=O)C(CC)C(C)(C(=O)CCO)CC(CC(=O)O)(C(=O)O)CC(CC)C(=O)OCCOC1=O. The zero-order valence-corrected chi connectivity index (χ0v) is 52.8. The van der Waals surface area contributed by atoms with E-state index in [1.807, 2.05) is 0 Å². The summed E-state index contributed by atoms with van der Waals surface area (Å²) >= 11 is 0. The molecule has 32 heteroatoms. The number of carbonyl (C=O) groups is 15. The van der Waals surface area contributed by atoms with Crippen molar-refractivity contribution in [2.24, 2.45) is 45.3 Å². The third-order valence-electron chi connectivity index (χ3n) is 14.2. The Balaban J connectivity index is -0.00000213. The van der Waals surface area contributed by atoms with Crippen molar-refractivity contribution in [3.05, 3.63) is 49.6 Å². The molecular weight excluding hydrogens is 1230 g/mol. The van der Waals surface area contributed by atoms with Crippen LogP contribution in [0.3, 0.4) is 0 Å². The number of carbonyl (C=O) groups excluding carboxylic acids is 9. The molecule has 1 heterocycles. The average Bonchev–Trinajstić information content (AvgIpc) is 1.69. The summed E-state index contributed by atoms with van der Waals surface area (Å²) in [5, 5.41) is 84.5. The van der Waals surface area contributed by atoms with Gasteiger partial charge in [0.15, 0.2) is 0 Å². The molecule has 8 unspecified atom stereocenters. The van der Waals surface area contributed by atoms with Crippen molar-refractivity contribution < 1.29 is 156 Å². The van der Waals surface area contributed by atoms with Crippen molar-refractivity contribution in [3.63, 3.8) is 0 Å². The highest BCUT2D eigenvalue weighted by Crippen LogP contribution is 2.50. The Morgan fingerprint density at radius 1 is 0.543 bits per heavy atom. The summed E-state index contributed by atoms with van der Waals surface area (Å²) in [6.07, 6.45) is -4.83. The molecule has 1 aliphatic rings. The molecule has 0 amide bonds. The Hall–Kier alpha value is -8.91. The van der Waals surface area contributed by atoms with Gasteiger partial charge in [0.1, 0.15) is 58.6 Å². The average molecular weight is 1320 g/mol. The maximum Gasteiger partial charge on any atom is 0.333 e. The van der Waals surface area contributed by atoms with E-state index in [0.29, 0.717) is 5.57 Å². The van der Waals surface area contributed by atoms with Gasteiger partial charge in [-0.05, 0) is 58.8 Å². The van der Waals surface area contributed by atoms with Crippen LogP contribution in [-0.4, -0.2) is 208 Å². The molecule has 1 rings (SSSR count). The number of ether oxygens (including phenoxy) is 8. The first kappa shape index (κ1) is 87.3. The fraction of sp³-hybridized carbons (Fsp3) is 0.617. The number of aliphatic carboxylic acids is 6. The van der Waals surface area contributed by atoms with Crippen LogP contribution < -0.4 is 0 Å². The lowest BCUT2D eigenvalue weighted by atomic mass is 9.59. The molecule has 0 aromatic rings. The number of Topliss-reactive ketones (excluding diaryl/α,β-unsaturated/α-hetero) is 1. The number of carboxylic acid groups (broad SMARTS) is 6. The highest BCUT2D eigenvalue weighted by molar-refractivity contribution is 5.93. The molecule has 8 atom stereocenters. The Morgan fingerprint density at radius 3 is 1.25 bits per heavy atom. The van der Waals surface area contributed by atoms with Crippen molar-refractivity contribution in [1.29, 1.82) is 0 Å². The van der Waals surface area contributed by atoms with Gasteiger partial charge in [0.25, 0.3) is 0 Å². The van der Waals surface area contributed by atoms with Gasteiger partial charge in [-0.3, -0.25) is 52.7 Å². The Bertz CT molecular complexity index is 2580. The fourth-order valence-corrected chi connectivity index (χ4v) is 9.21. The number of carboxylic acids is 6. The highest BCUT2D eigenvalue weighted by atomic mass is 16.6. The zero-order chi connectivity index (χ0) is 71.8. The van der Waals surface area contributed by atoms with Crippen LogP contribution in [-0.2, 0) is 110 Å². The predicted octanol–water partition coefficient (Wildman–Crippen LogP) is 2.68. The number of hydrogen-bond acceptors (Lipinski definition) is 26. The van der Waals surface area contributed by atoms with Gasteiger partial charge in [-0.1, -0.05) is 60.9 Å². The third kappa shape index (κ3) is 31.2. The van der Waals surface area contributed by atoms with E-state index in [1.54, 1.807) is 6.92 Å². The standard InChI is InChI=1S/C41H62O21.C8H10O4.C6H10O3.C5H6O4/c1-7-25-18-40(35(53)54,20-29(45)46)22-38(5,37(57)62-13-12-43)24(4)31(49)58-14-17-61-34(52)27(9-3)39(6,28(44)10-11-42)23-41(36(55)56,21-30(47)48)19-26(8-2)33(51)60-16-15-59-32(25)50;1-3-7(9)11-5-6-12-8(10)4-2;1-5(2)6(8)9-4-3-7;1-3(5(8)9)2-4(6)7/h24-27,42-43H,7-23H2,1-6H3,(H,45,46)(H,47,48)(H,53,54)(H,55,56);3-4H,1-2,5-6H2;7H,1,3-4H2,2H3;1-2H2,(H,6,7)(H,8,9). The number of hydrogen-bond donors (Lipinski definition) is 9. The topological polar surface area (TPSA) is 512 Å². The van der Waals surface area contributed by atoms with Crippen molar-refractivity contribution in [1.82, 2.24) is 0 Å². The minimum absolute atomic E-state index is 0.0322. The molecule has 92 heavy (non-hydrogen) atoms. The first-order valence-corrected chi connectivity index (χ1v) is 28.5. The summed E-state index contributed by atoms with van der Waals surface area (Å²) in [4.78, 5) is 183. The molecule has 1 aliphatic heterocycles. The number of aliphatic hydroxyl groups excluding tert-OH is 3. The number of rotatable bonds is 26. The molecule has 1 saturated heterocycles. The van der Waals surface area contributed by atoms with E-state index in [0.717, 1.165) is 19.1 Å². The molecule has 9 N–H and O–H groups in total. The van der Waals surface area contributed by atoms with Crippen LogP contribution in [0.5, 0.6) is 0 Å². The molecule has 0 radical (unpaired) electrons. The molecule has 32 nitrogen and oxygen atoms in total. The molecule has 0 aromatic carbocycles. The van der Waals surface area contributed by atoms with E-state index >= 15 is 0 Å². The van der Waals surface area contributed by atoms with Gasteiger partial charge in [0.2, 0.25) is 0 Å². The van der Waals surface area contributed by atoms with E-state index in [1.165, 1.54) is 34.6 Å². The van der Waals surface area contributed by atoms with Crippen LogP contribution in [0.4, 0.5) is 0 Å². The van der Waals surface area contributed by atoms with Crippen LogP contribution >= 0.6 is 0 Å². The fourth-order valence-electron chi connectivity index (χ4n) is 9.21. The van der Waals surface area contributed by atoms with Crippen molar-refractivity contribution >= 4 is 89.4 Å². The maximum absolute atomic E-state index is 13.8. The summed E-state index contributed by atoms with van der Waals surface area (Å²) in [5.74, 6) is -22.8. The van der Waals surface area contributed by atoms with E-state index in [9.17, 15) is 103 Å². The van der Waals surface area contributed by atoms with Gasteiger partial charge in [0.05, 0.1) is 72.4 Å². The quantitative estimate of drug-likeness (QED) is 0.0260. The minimum Gasteiger partial charge on any atom is -0.481 e. The summed E-state index contributed by atoms with van der Waals surface area (Å²) < 4.78 is 39.9. The summed E-state index contributed by atoms with van der Waals surface area (Å²) in [5.41, 5.74) is -9.02. The molecule has 0 spiro atoms. The van der Waals surface area contributed by atoms with E-state index < -0.39 is 232 Å². The Labute approximate surface area is 530 Å². The molecule has 0 aromatic heterocycles.